The standard InChI is InChI=1S/C12H14ClN3O3S/c1-7-5-9(13)3-4-10(7)19-6-11(18)15-16-12(20)14-8(2)17/h3-5H,6H2,1-2H3,(H,15,18)(H2,14,16,17,20). The number of benzene rings is 1. The summed E-state index contributed by atoms with van der Waals surface area (Å²) in [4.78, 5) is 22.2. The number of amides is 2. The zero-order valence-electron chi connectivity index (χ0n) is 11.0. The van der Waals surface area contributed by atoms with Crippen molar-refractivity contribution in [1.29, 1.82) is 0 Å². The molecule has 20 heavy (non-hydrogen) atoms. The molecule has 1 rings (SSSR count). The summed E-state index contributed by atoms with van der Waals surface area (Å²) < 4.78 is 5.33. The first kappa shape index (κ1) is 16.2. The van der Waals surface area contributed by atoms with Crippen LogP contribution in [0.3, 0.4) is 0 Å². The van der Waals surface area contributed by atoms with E-state index in [2.05, 4.69) is 16.2 Å². The van der Waals surface area contributed by atoms with Gasteiger partial charge in [0.25, 0.3) is 5.91 Å². The molecule has 0 heterocycles. The summed E-state index contributed by atoms with van der Waals surface area (Å²) in [6, 6.07) is 5.09. The van der Waals surface area contributed by atoms with Crippen LogP contribution in [-0.2, 0) is 9.59 Å². The summed E-state index contributed by atoms with van der Waals surface area (Å²) in [7, 11) is 0. The number of carbonyl (C=O) groups is 2. The topological polar surface area (TPSA) is 79.5 Å². The molecule has 1 aromatic rings. The van der Waals surface area contributed by atoms with Gasteiger partial charge < -0.3 is 10.1 Å². The van der Waals surface area contributed by atoms with Gasteiger partial charge in [0.15, 0.2) is 11.7 Å². The Labute approximate surface area is 126 Å². The van der Waals surface area contributed by atoms with Gasteiger partial charge in [-0.25, -0.2) is 0 Å². The molecule has 0 bridgehead atoms. The Bertz CT molecular complexity index is 537. The maximum absolute atomic E-state index is 11.5. The lowest BCUT2D eigenvalue weighted by Crippen LogP contribution is -2.49. The van der Waals surface area contributed by atoms with Gasteiger partial charge in [-0.1, -0.05) is 11.6 Å². The van der Waals surface area contributed by atoms with Crippen molar-refractivity contribution in [3.8, 4) is 5.75 Å². The van der Waals surface area contributed by atoms with Gasteiger partial charge in [-0.3, -0.25) is 20.4 Å². The molecule has 108 valence electrons. The summed E-state index contributed by atoms with van der Waals surface area (Å²) in [5.41, 5.74) is 5.49. The molecule has 0 radical (unpaired) electrons. The molecule has 3 N–H and O–H groups in total. The van der Waals surface area contributed by atoms with Crippen LogP contribution in [0.1, 0.15) is 12.5 Å². The summed E-state index contributed by atoms with van der Waals surface area (Å²) in [5, 5.41) is 2.91. The lowest BCUT2D eigenvalue weighted by Gasteiger charge is -2.11. The summed E-state index contributed by atoms with van der Waals surface area (Å²) in [6.45, 7) is 2.93. The molecule has 6 nitrogen and oxygen atoms in total. The number of thiocarbonyl (C=S) groups is 1. The lowest BCUT2D eigenvalue weighted by molar-refractivity contribution is -0.124. The highest BCUT2D eigenvalue weighted by molar-refractivity contribution is 7.80. The van der Waals surface area contributed by atoms with E-state index in [1.165, 1.54) is 6.92 Å². The van der Waals surface area contributed by atoms with Gasteiger partial charge in [0.05, 0.1) is 0 Å². The van der Waals surface area contributed by atoms with Gasteiger partial charge in [-0.2, -0.15) is 0 Å². The molecular weight excluding hydrogens is 302 g/mol. The number of halogens is 1. The van der Waals surface area contributed by atoms with Crippen molar-refractivity contribution >= 4 is 40.7 Å². The summed E-state index contributed by atoms with van der Waals surface area (Å²) >= 11 is 10.6. The molecule has 0 unspecified atom stereocenters. The maximum Gasteiger partial charge on any atom is 0.276 e. The van der Waals surface area contributed by atoms with E-state index in [1.54, 1.807) is 18.2 Å². The number of carbonyl (C=O) groups excluding carboxylic acids is 2. The second-order valence-corrected chi connectivity index (χ2v) is 4.73. The van der Waals surface area contributed by atoms with Crippen LogP contribution in [0, 0.1) is 6.92 Å². The van der Waals surface area contributed by atoms with E-state index in [0.29, 0.717) is 10.8 Å². The molecular formula is C12H14ClN3O3S. The van der Waals surface area contributed by atoms with Crippen molar-refractivity contribution < 1.29 is 14.3 Å². The fraction of sp³-hybridized carbons (Fsp3) is 0.250. The smallest absolute Gasteiger partial charge is 0.276 e. The molecule has 1 aromatic carbocycles. The van der Waals surface area contributed by atoms with Crippen LogP contribution in [0.2, 0.25) is 5.02 Å². The second-order valence-electron chi connectivity index (χ2n) is 3.88. The molecule has 0 fully saturated rings. The number of ether oxygens (including phenoxy) is 1. The van der Waals surface area contributed by atoms with E-state index in [-0.39, 0.29) is 17.6 Å². The molecule has 0 aromatic heterocycles. The van der Waals surface area contributed by atoms with E-state index < -0.39 is 5.91 Å². The van der Waals surface area contributed by atoms with Crippen LogP contribution in [0.5, 0.6) is 5.75 Å². The molecule has 2 amide bonds. The molecule has 0 aliphatic rings. The third-order valence-electron chi connectivity index (χ3n) is 2.10. The molecule has 8 heteroatoms. The minimum Gasteiger partial charge on any atom is -0.483 e. The van der Waals surface area contributed by atoms with Crippen molar-refractivity contribution in [2.75, 3.05) is 6.61 Å². The van der Waals surface area contributed by atoms with Gasteiger partial charge in [0.2, 0.25) is 5.91 Å². The van der Waals surface area contributed by atoms with Crippen LogP contribution >= 0.6 is 23.8 Å². The number of hydrogen-bond acceptors (Lipinski definition) is 4. The van der Waals surface area contributed by atoms with Crippen molar-refractivity contribution in [3.63, 3.8) is 0 Å². The molecule has 0 aliphatic heterocycles. The Morgan fingerprint density at radius 2 is 2.05 bits per heavy atom. The van der Waals surface area contributed by atoms with E-state index >= 15 is 0 Å². The predicted molar refractivity (Wildman–Crippen MR) is 79.4 cm³/mol. The highest BCUT2D eigenvalue weighted by Crippen LogP contribution is 2.21. The van der Waals surface area contributed by atoms with Gasteiger partial charge in [-0.05, 0) is 42.9 Å². The van der Waals surface area contributed by atoms with Crippen LogP contribution in [0.25, 0.3) is 0 Å². The largest absolute Gasteiger partial charge is 0.483 e. The Morgan fingerprint density at radius 1 is 1.35 bits per heavy atom. The minimum atomic E-state index is -0.438. The number of hydrazine groups is 1. The highest BCUT2D eigenvalue weighted by Gasteiger charge is 2.06. The molecule has 0 saturated carbocycles. The normalized spacial score (nSPS) is 9.55. The average molecular weight is 316 g/mol. The number of hydrogen-bond donors (Lipinski definition) is 3. The van der Waals surface area contributed by atoms with Crippen LogP contribution < -0.4 is 20.9 Å². The summed E-state index contributed by atoms with van der Waals surface area (Å²) in [6.07, 6.45) is 0. The van der Waals surface area contributed by atoms with Crippen molar-refractivity contribution in [2.45, 2.75) is 13.8 Å². The van der Waals surface area contributed by atoms with Crippen molar-refractivity contribution in [3.05, 3.63) is 28.8 Å². The Kier molecular flexibility index (Phi) is 6.20. The first-order valence-electron chi connectivity index (χ1n) is 5.64. The van der Waals surface area contributed by atoms with Crippen LogP contribution in [-0.4, -0.2) is 23.5 Å². The first-order valence-corrected chi connectivity index (χ1v) is 6.42. The number of aryl methyl sites for hydroxylation is 1. The highest BCUT2D eigenvalue weighted by atomic mass is 35.5. The SMILES string of the molecule is CC(=O)NC(=S)NNC(=O)COc1ccc(Cl)cc1C. The predicted octanol–water partition coefficient (Wildman–Crippen LogP) is 1.07. The molecule has 0 spiro atoms. The van der Waals surface area contributed by atoms with E-state index in [9.17, 15) is 9.59 Å². The van der Waals surface area contributed by atoms with Gasteiger partial charge in [0.1, 0.15) is 5.75 Å². The lowest BCUT2D eigenvalue weighted by atomic mass is 10.2. The quantitative estimate of drug-likeness (QED) is 0.574. The Hall–Kier alpha value is -1.86. The zero-order valence-corrected chi connectivity index (χ0v) is 12.5. The molecule has 0 saturated heterocycles. The fourth-order valence-electron chi connectivity index (χ4n) is 1.27. The third kappa shape index (κ3) is 5.85. The minimum absolute atomic E-state index is 0.00789. The Morgan fingerprint density at radius 3 is 2.65 bits per heavy atom. The second kappa shape index (κ2) is 7.66. The van der Waals surface area contributed by atoms with Gasteiger partial charge in [0, 0.05) is 11.9 Å². The maximum atomic E-state index is 11.5. The van der Waals surface area contributed by atoms with Crippen LogP contribution in [0.15, 0.2) is 18.2 Å². The van der Waals surface area contributed by atoms with Crippen molar-refractivity contribution in [1.82, 2.24) is 16.2 Å². The Balaban J connectivity index is 2.36. The van der Waals surface area contributed by atoms with E-state index in [1.807, 2.05) is 6.92 Å². The molecule has 0 atom stereocenters. The number of rotatable bonds is 3. The average Bonchev–Trinajstić information content (AvgIpc) is 2.34. The zero-order chi connectivity index (χ0) is 15.1. The van der Waals surface area contributed by atoms with E-state index in [0.717, 1.165) is 5.56 Å². The number of nitrogens with one attached hydrogen (secondary N) is 3. The first-order chi connectivity index (χ1) is 9.38. The van der Waals surface area contributed by atoms with Gasteiger partial charge in [-0.15, -0.1) is 0 Å². The van der Waals surface area contributed by atoms with E-state index in [4.69, 9.17) is 28.6 Å². The molecule has 0 aliphatic carbocycles. The van der Waals surface area contributed by atoms with Crippen molar-refractivity contribution in [2.24, 2.45) is 0 Å². The third-order valence-corrected chi connectivity index (χ3v) is 2.54. The van der Waals surface area contributed by atoms with Crippen LogP contribution in [0.4, 0.5) is 0 Å². The van der Waals surface area contributed by atoms with Gasteiger partial charge >= 0.3 is 0 Å². The monoisotopic (exact) mass is 315 g/mol. The summed E-state index contributed by atoms with van der Waals surface area (Å²) in [5.74, 6) is -0.203. The fourth-order valence-corrected chi connectivity index (χ4v) is 1.69.